The van der Waals surface area contributed by atoms with Crippen LogP contribution in [0.5, 0.6) is 0 Å². The zero-order chi connectivity index (χ0) is 12.8. The van der Waals surface area contributed by atoms with Gasteiger partial charge in [-0.05, 0) is 0 Å². The summed E-state index contributed by atoms with van der Waals surface area (Å²) in [4.78, 5) is 4.14. The first-order chi connectivity index (χ1) is 8.59. The van der Waals surface area contributed by atoms with E-state index >= 15 is 0 Å². The lowest BCUT2D eigenvalue weighted by Crippen LogP contribution is -2.38. The lowest BCUT2D eigenvalue weighted by atomic mass is 10.4. The summed E-state index contributed by atoms with van der Waals surface area (Å²) in [6.07, 6.45) is 4.73. The molecule has 1 aliphatic rings. The van der Waals surface area contributed by atoms with Crippen LogP contribution in [0, 0.1) is 0 Å². The van der Waals surface area contributed by atoms with Crippen molar-refractivity contribution >= 4 is 15.8 Å². The van der Waals surface area contributed by atoms with Crippen molar-refractivity contribution in [1.82, 2.24) is 24.1 Å². The van der Waals surface area contributed by atoms with Gasteiger partial charge < -0.3 is 10.3 Å². The van der Waals surface area contributed by atoms with E-state index in [1.165, 1.54) is 10.5 Å². The lowest BCUT2D eigenvalue weighted by molar-refractivity contribution is 0.335. The van der Waals surface area contributed by atoms with Crippen LogP contribution in [0.4, 0.5) is 5.82 Å². The predicted octanol–water partition coefficient (Wildman–Crippen LogP) is -0.607. The molecule has 2 aromatic rings. The van der Waals surface area contributed by atoms with E-state index in [2.05, 4.69) is 15.2 Å². The van der Waals surface area contributed by atoms with E-state index in [1.54, 1.807) is 6.20 Å². The van der Waals surface area contributed by atoms with Gasteiger partial charge >= 0.3 is 0 Å². The summed E-state index contributed by atoms with van der Waals surface area (Å²) in [5.41, 5.74) is 5.56. The summed E-state index contributed by atoms with van der Waals surface area (Å²) >= 11 is 0. The van der Waals surface area contributed by atoms with E-state index < -0.39 is 10.0 Å². The fraction of sp³-hybridized carbons (Fsp3) is 0.333. The summed E-state index contributed by atoms with van der Waals surface area (Å²) in [7, 11) is -3.61. The van der Waals surface area contributed by atoms with Crippen molar-refractivity contribution in [2.24, 2.45) is 0 Å². The molecule has 3 N–H and O–H groups in total. The monoisotopic (exact) mass is 268 g/mol. The minimum atomic E-state index is -3.61. The molecule has 8 nitrogen and oxygen atoms in total. The van der Waals surface area contributed by atoms with Gasteiger partial charge in [-0.25, -0.2) is 13.4 Å². The average molecular weight is 268 g/mol. The van der Waals surface area contributed by atoms with Crippen LogP contribution >= 0.6 is 0 Å². The zero-order valence-electron chi connectivity index (χ0n) is 9.44. The standard InChI is InChI=1S/C9H12N6O2S/c10-9-7(5-12-13-9)18(16,17)15-4-3-14-2-1-11-8(14)6-15/h1-2,5H,3-4,6H2,(H3,10,12,13). The van der Waals surface area contributed by atoms with Gasteiger partial charge in [-0.3, -0.25) is 5.10 Å². The van der Waals surface area contributed by atoms with Gasteiger partial charge in [0.2, 0.25) is 10.0 Å². The van der Waals surface area contributed by atoms with Gasteiger partial charge in [0.15, 0.2) is 0 Å². The van der Waals surface area contributed by atoms with E-state index in [0.29, 0.717) is 13.1 Å². The fourth-order valence-corrected chi connectivity index (χ4v) is 3.38. The highest BCUT2D eigenvalue weighted by Gasteiger charge is 2.31. The molecule has 0 aromatic carbocycles. The van der Waals surface area contributed by atoms with Gasteiger partial charge in [-0.2, -0.15) is 9.40 Å². The van der Waals surface area contributed by atoms with E-state index in [9.17, 15) is 8.42 Å². The highest BCUT2D eigenvalue weighted by Crippen LogP contribution is 2.23. The maximum Gasteiger partial charge on any atom is 0.248 e. The summed E-state index contributed by atoms with van der Waals surface area (Å²) in [5, 5.41) is 6.07. The topological polar surface area (TPSA) is 110 Å². The SMILES string of the molecule is Nc1[nH]ncc1S(=O)(=O)N1CCn2ccnc2C1. The predicted molar refractivity (Wildman–Crippen MR) is 62.8 cm³/mol. The molecule has 0 saturated carbocycles. The number of nitrogens with one attached hydrogen (secondary N) is 1. The van der Waals surface area contributed by atoms with Crippen molar-refractivity contribution in [2.75, 3.05) is 12.3 Å². The largest absolute Gasteiger partial charge is 0.383 e. The Hall–Kier alpha value is -1.87. The van der Waals surface area contributed by atoms with E-state index in [4.69, 9.17) is 5.73 Å². The maximum absolute atomic E-state index is 12.3. The molecule has 0 bridgehead atoms. The number of nitrogens with two attached hydrogens (primary N) is 1. The van der Waals surface area contributed by atoms with Gasteiger partial charge in [0.05, 0.1) is 12.7 Å². The van der Waals surface area contributed by atoms with Crippen LogP contribution in [0.1, 0.15) is 5.82 Å². The number of aromatic amines is 1. The van der Waals surface area contributed by atoms with Crippen molar-refractivity contribution in [3.63, 3.8) is 0 Å². The number of sulfonamides is 1. The third-order valence-electron chi connectivity index (χ3n) is 2.96. The summed E-state index contributed by atoms with van der Waals surface area (Å²) in [6.45, 7) is 1.24. The van der Waals surface area contributed by atoms with Crippen LogP contribution in [0.2, 0.25) is 0 Å². The van der Waals surface area contributed by atoms with Crippen molar-refractivity contribution in [2.45, 2.75) is 18.0 Å². The number of nitrogen functional groups attached to an aromatic ring is 1. The van der Waals surface area contributed by atoms with Gasteiger partial charge in [0.25, 0.3) is 0 Å². The zero-order valence-corrected chi connectivity index (χ0v) is 10.3. The van der Waals surface area contributed by atoms with Crippen LogP contribution in [0.25, 0.3) is 0 Å². The number of imidazole rings is 1. The van der Waals surface area contributed by atoms with E-state index in [0.717, 1.165) is 5.82 Å². The Labute approximate surface area is 103 Å². The first-order valence-corrected chi connectivity index (χ1v) is 6.82. The summed E-state index contributed by atoms with van der Waals surface area (Å²) in [6, 6.07) is 0. The first-order valence-electron chi connectivity index (χ1n) is 5.38. The molecule has 0 fully saturated rings. The van der Waals surface area contributed by atoms with Crippen LogP contribution in [0.15, 0.2) is 23.5 Å². The number of hydrogen-bond acceptors (Lipinski definition) is 5. The molecule has 1 aliphatic heterocycles. The molecule has 2 aromatic heterocycles. The molecule has 0 amide bonds. The van der Waals surface area contributed by atoms with Crippen LogP contribution in [0.3, 0.4) is 0 Å². The Bertz CT molecular complexity index is 673. The Morgan fingerprint density at radius 1 is 1.39 bits per heavy atom. The van der Waals surface area contributed by atoms with Gasteiger partial charge in [0, 0.05) is 25.5 Å². The highest BCUT2D eigenvalue weighted by atomic mass is 32.2. The number of fused-ring (bicyclic) bond motifs is 1. The molecule has 9 heteroatoms. The van der Waals surface area contributed by atoms with Gasteiger partial charge in [-0.1, -0.05) is 0 Å². The highest BCUT2D eigenvalue weighted by molar-refractivity contribution is 7.89. The number of rotatable bonds is 2. The van der Waals surface area contributed by atoms with E-state index in [1.807, 2.05) is 10.8 Å². The Morgan fingerprint density at radius 3 is 2.94 bits per heavy atom. The minimum Gasteiger partial charge on any atom is -0.383 e. The second kappa shape index (κ2) is 3.82. The van der Waals surface area contributed by atoms with Crippen molar-refractivity contribution < 1.29 is 8.42 Å². The van der Waals surface area contributed by atoms with Gasteiger partial charge in [-0.15, -0.1) is 0 Å². The molecule has 0 saturated heterocycles. The van der Waals surface area contributed by atoms with Crippen molar-refractivity contribution in [3.05, 3.63) is 24.4 Å². The van der Waals surface area contributed by atoms with Gasteiger partial charge in [0.1, 0.15) is 16.5 Å². The first kappa shape index (κ1) is 11.2. The second-order valence-electron chi connectivity index (χ2n) is 4.02. The summed E-state index contributed by atoms with van der Waals surface area (Å²) in [5.74, 6) is 0.788. The maximum atomic E-state index is 12.3. The average Bonchev–Trinajstić information content (AvgIpc) is 2.95. The third-order valence-corrected chi connectivity index (χ3v) is 4.83. The Morgan fingerprint density at radius 2 is 2.22 bits per heavy atom. The molecule has 0 aliphatic carbocycles. The molecule has 96 valence electrons. The third kappa shape index (κ3) is 1.59. The number of nitrogens with zero attached hydrogens (tertiary/aromatic N) is 4. The Kier molecular flexibility index (Phi) is 2.38. The Balaban J connectivity index is 1.95. The molecular formula is C9H12N6O2S. The molecule has 0 radical (unpaired) electrons. The smallest absolute Gasteiger partial charge is 0.248 e. The number of hydrogen-bond donors (Lipinski definition) is 2. The van der Waals surface area contributed by atoms with E-state index in [-0.39, 0.29) is 17.3 Å². The van der Waals surface area contributed by atoms with Crippen molar-refractivity contribution in [1.29, 1.82) is 0 Å². The molecule has 0 unspecified atom stereocenters. The molecular weight excluding hydrogens is 256 g/mol. The van der Waals surface area contributed by atoms with Crippen LogP contribution in [-0.2, 0) is 23.1 Å². The number of anilines is 1. The fourth-order valence-electron chi connectivity index (χ4n) is 1.99. The molecule has 0 spiro atoms. The second-order valence-corrected chi connectivity index (χ2v) is 5.93. The quantitative estimate of drug-likeness (QED) is 0.755. The molecule has 0 atom stereocenters. The van der Waals surface area contributed by atoms with Crippen LogP contribution < -0.4 is 5.73 Å². The molecule has 18 heavy (non-hydrogen) atoms. The summed E-state index contributed by atoms with van der Waals surface area (Å²) < 4.78 is 28.0. The van der Waals surface area contributed by atoms with Crippen LogP contribution in [-0.4, -0.2) is 39.0 Å². The molecule has 3 heterocycles. The normalized spacial score (nSPS) is 16.7. The molecule has 3 rings (SSSR count). The van der Waals surface area contributed by atoms with Crippen molar-refractivity contribution in [3.8, 4) is 0 Å². The minimum absolute atomic E-state index is 0.0162. The number of aromatic nitrogens is 4. The lowest BCUT2D eigenvalue weighted by Gasteiger charge is -2.26. The number of H-pyrrole nitrogens is 1.